The van der Waals surface area contributed by atoms with Gasteiger partial charge in [0.1, 0.15) is 12.2 Å². The molecule has 0 aliphatic carbocycles. The van der Waals surface area contributed by atoms with Crippen LogP contribution in [-0.4, -0.2) is 57.8 Å². The molecule has 1 aromatic rings. The smallest absolute Gasteiger partial charge is 0.325 e. The summed E-state index contributed by atoms with van der Waals surface area (Å²) in [5, 5.41) is 21.9. The number of aromatic nitrogens is 3. The molecule has 1 saturated heterocycles. The van der Waals surface area contributed by atoms with E-state index in [2.05, 4.69) is 20.9 Å². The zero-order valence-corrected chi connectivity index (χ0v) is 11.1. The van der Waals surface area contributed by atoms with Crippen molar-refractivity contribution in [2.24, 2.45) is 0 Å². The monoisotopic (exact) mass is 283 g/mol. The van der Waals surface area contributed by atoms with Gasteiger partial charge in [0.25, 0.3) is 0 Å². The Morgan fingerprint density at radius 1 is 1.65 bits per heavy atom. The van der Waals surface area contributed by atoms with E-state index in [0.717, 1.165) is 0 Å². The normalized spacial score (nSPS) is 21.9. The highest BCUT2D eigenvalue weighted by Crippen LogP contribution is 2.09. The minimum absolute atomic E-state index is 0.0576. The maximum absolute atomic E-state index is 11.9. The molecule has 2 unspecified atom stereocenters. The standard InChI is InChI=1S/C11H17N5O4/c1-20-8-2-9(12-4-8)11(19)13-3-7-5-16(15-14-7)6-10(17)18/h5,8-9,12H,2-4,6H2,1H3,(H,13,19)(H,17,18). The van der Waals surface area contributed by atoms with E-state index in [-0.39, 0.29) is 31.1 Å². The molecule has 0 aromatic carbocycles. The molecule has 1 aromatic heterocycles. The molecule has 0 saturated carbocycles. The fourth-order valence-corrected chi connectivity index (χ4v) is 2.02. The van der Waals surface area contributed by atoms with Crippen molar-refractivity contribution in [3.8, 4) is 0 Å². The topological polar surface area (TPSA) is 118 Å². The second kappa shape index (κ2) is 6.44. The molecule has 3 N–H and O–H groups in total. The van der Waals surface area contributed by atoms with E-state index in [1.54, 1.807) is 7.11 Å². The van der Waals surface area contributed by atoms with Crippen LogP contribution in [0.3, 0.4) is 0 Å². The van der Waals surface area contributed by atoms with Gasteiger partial charge in [0.2, 0.25) is 5.91 Å². The number of carbonyl (C=O) groups excluding carboxylic acids is 1. The first kappa shape index (κ1) is 14.4. The lowest BCUT2D eigenvalue weighted by molar-refractivity contribution is -0.138. The van der Waals surface area contributed by atoms with Crippen LogP contribution in [0.25, 0.3) is 0 Å². The number of carbonyl (C=O) groups is 2. The maximum atomic E-state index is 11.9. The maximum Gasteiger partial charge on any atom is 0.325 e. The molecule has 20 heavy (non-hydrogen) atoms. The summed E-state index contributed by atoms with van der Waals surface area (Å²) in [6.07, 6.45) is 2.19. The van der Waals surface area contributed by atoms with Crippen molar-refractivity contribution in [3.63, 3.8) is 0 Å². The molecule has 0 bridgehead atoms. The minimum atomic E-state index is -0.994. The largest absolute Gasteiger partial charge is 0.480 e. The molecule has 1 fully saturated rings. The Morgan fingerprint density at radius 2 is 2.45 bits per heavy atom. The van der Waals surface area contributed by atoms with Gasteiger partial charge in [-0.15, -0.1) is 5.10 Å². The highest BCUT2D eigenvalue weighted by atomic mass is 16.5. The summed E-state index contributed by atoms with van der Waals surface area (Å²) in [5.74, 6) is -1.12. The van der Waals surface area contributed by atoms with Gasteiger partial charge >= 0.3 is 5.97 Å². The quantitative estimate of drug-likeness (QED) is 0.572. The number of nitrogens with zero attached hydrogens (tertiary/aromatic N) is 3. The molecular formula is C11H17N5O4. The fourth-order valence-electron chi connectivity index (χ4n) is 2.02. The molecule has 1 amide bonds. The van der Waals surface area contributed by atoms with Crippen molar-refractivity contribution < 1.29 is 19.4 Å². The van der Waals surface area contributed by atoms with Gasteiger partial charge in [-0.25, -0.2) is 4.68 Å². The Labute approximate surface area is 115 Å². The summed E-state index contributed by atoms with van der Waals surface area (Å²) < 4.78 is 6.38. The predicted octanol–water partition coefficient (Wildman–Crippen LogP) is -1.64. The van der Waals surface area contributed by atoms with Crippen LogP contribution >= 0.6 is 0 Å². The Morgan fingerprint density at radius 3 is 3.10 bits per heavy atom. The zero-order valence-electron chi connectivity index (χ0n) is 11.1. The molecule has 2 rings (SSSR count). The summed E-state index contributed by atoms with van der Waals surface area (Å²) in [6.45, 7) is 0.623. The van der Waals surface area contributed by atoms with Crippen LogP contribution in [0, 0.1) is 0 Å². The Hall–Kier alpha value is -2.00. The average molecular weight is 283 g/mol. The number of ether oxygens (including phenoxy) is 1. The van der Waals surface area contributed by atoms with Crippen molar-refractivity contribution in [2.75, 3.05) is 13.7 Å². The minimum Gasteiger partial charge on any atom is -0.480 e. The number of hydrogen-bond donors (Lipinski definition) is 3. The first-order valence-electron chi connectivity index (χ1n) is 6.23. The third-order valence-corrected chi connectivity index (χ3v) is 3.07. The molecule has 1 aliphatic rings. The third kappa shape index (κ3) is 3.75. The van der Waals surface area contributed by atoms with Gasteiger partial charge in [-0.1, -0.05) is 5.21 Å². The van der Waals surface area contributed by atoms with E-state index >= 15 is 0 Å². The van der Waals surface area contributed by atoms with Crippen LogP contribution in [0.2, 0.25) is 0 Å². The summed E-state index contributed by atoms with van der Waals surface area (Å²) >= 11 is 0. The van der Waals surface area contributed by atoms with E-state index in [1.165, 1.54) is 10.9 Å². The first-order chi connectivity index (χ1) is 9.58. The lowest BCUT2D eigenvalue weighted by atomic mass is 10.2. The molecule has 0 spiro atoms. The van der Waals surface area contributed by atoms with Gasteiger partial charge in [-0.2, -0.15) is 0 Å². The highest BCUT2D eigenvalue weighted by Gasteiger charge is 2.29. The predicted molar refractivity (Wildman–Crippen MR) is 66.7 cm³/mol. The van der Waals surface area contributed by atoms with Crippen LogP contribution < -0.4 is 10.6 Å². The van der Waals surface area contributed by atoms with E-state index in [0.29, 0.717) is 18.7 Å². The lowest BCUT2D eigenvalue weighted by Crippen LogP contribution is -2.40. The van der Waals surface area contributed by atoms with Crippen molar-refractivity contribution in [2.45, 2.75) is 31.7 Å². The van der Waals surface area contributed by atoms with Crippen molar-refractivity contribution in [1.29, 1.82) is 0 Å². The zero-order chi connectivity index (χ0) is 14.5. The first-order valence-corrected chi connectivity index (χ1v) is 6.23. The molecular weight excluding hydrogens is 266 g/mol. The van der Waals surface area contributed by atoms with Gasteiger partial charge in [0.05, 0.1) is 24.9 Å². The van der Waals surface area contributed by atoms with Gasteiger partial charge in [-0.05, 0) is 6.42 Å². The summed E-state index contributed by atoms with van der Waals surface area (Å²) in [4.78, 5) is 22.4. The number of amides is 1. The Balaban J connectivity index is 1.78. The lowest BCUT2D eigenvalue weighted by Gasteiger charge is -2.10. The molecule has 2 atom stereocenters. The molecule has 1 aliphatic heterocycles. The van der Waals surface area contributed by atoms with E-state index in [9.17, 15) is 9.59 Å². The van der Waals surface area contributed by atoms with Crippen LogP contribution in [0.1, 0.15) is 12.1 Å². The Kier molecular flexibility index (Phi) is 4.64. The number of nitrogens with one attached hydrogen (secondary N) is 2. The molecule has 9 heteroatoms. The van der Waals surface area contributed by atoms with Crippen molar-refractivity contribution >= 4 is 11.9 Å². The molecule has 2 heterocycles. The van der Waals surface area contributed by atoms with E-state index < -0.39 is 5.97 Å². The summed E-state index contributed by atoms with van der Waals surface area (Å²) in [7, 11) is 1.62. The van der Waals surface area contributed by atoms with Gasteiger partial charge in [0, 0.05) is 13.7 Å². The molecule has 110 valence electrons. The molecule has 9 nitrogen and oxygen atoms in total. The fraction of sp³-hybridized carbons (Fsp3) is 0.636. The Bertz CT molecular complexity index is 489. The number of carboxylic acid groups (broad SMARTS) is 1. The highest BCUT2D eigenvalue weighted by molar-refractivity contribution is 5.82. The van der Waals surface area contributed by atoms with Crippen LogP contribution in [0.5, 0.6) is 0 Å². The van der Waals surface area contributed by atoms with Gasteiger partial charge < -0.3 is 20.5 Å². The van der Waals surface area contributed by atoms with Crippen LogP contribution in [0.4, 0.5) is 0 Å². The second-order valence-corrected chi connectivity index (χ2v) is 4.57. The number of rotatable bonds is 6. The number of methoxy groups -OCH3 is 1. The van der Waals surface area contributed by atoms with E-state index in [4.69, 9.17) is 9.84 Å². The third-order valence-electron chi connectivity index (χ3n) is 3.07. The van der Waals surface area contributed by atoms with E-state index in [1.807, 2.05) is 0 Å². The number of hydrogen-bond acceptors (Lipinski definition) is 6. The summed E-state index contributed by atoms with van der Waals surface area (Å²) in [5.41, 5.74) is 0.515. The average Bonchev–Trinajstić information content (AvgIpc) is 3.04. The van der Waals surface area contributed by atoms with Gasteiger partial charge in [-0.3, -0.25) is 9.59 Å². The summed E-state index contributed by atoms with van der Waals surface area (Å²) in [6, 6.07) is -0.269. The SMILES string of the molecule is COC1CNC(C(=O)NCc2cn(CC(=O)O)nn2)C1. The van der Waals surface area contributed by atoms with Gasteiger partial charge in [0.15, 0.2) is 0 Å². The number of carboxylic acids is 1. The van der Waals surface area contributed by atoms with Crippen LogP contribution in [0.15, 0.2) is 6.20 Å². The van der Waals surface area contributed by atoms with Crippen molar-refractivity contribution in [3.05, 3.63) is 11.9 Å². The second-order valence-electron chi connectivity index (χ2n) is 4.57. The molecule has 0 radical (unpaired) electrons. The van der Waals surface area contributed by atoms with Crippen LogP contribution in [-0.2, 0) is 27.4 Å². The number of aliphatic carboxylic acids is 1. The van der Waals surface area contributed by atoms with Crippen molar-refractivity contribution in [1.82, 2.24) is 25.6 Å².